The van der Waals surface area contributed by atoms with Gasteiger partial charge in [-0.1, -0.05) is 18.2 Å². The van der Waals surface area contributed by atoms with E-state index in [4.69, 9.17) is 4.74 Å². The number of carbonyl (C=O) groups is 2. The molecule has 1 saturated carbocycles. The van der Waals surface area contributed by atoms with Crippen LogP contribution in [0.1, 0.15) is 25.3 Å². The number of hydrogen-bond donors (Lipinski definition) is 2. The predicted molar refractivity (Wildman–Crippen MR) is 104 cm³/mol. The fraction of sp³-hybridized carbons (Fsp3) is 0.300. The Morgan fingerprint density at radius 1 is 1.18 bits per heavy atom. The van der Waals surface area contributed by atoms with Gasteiger partial charge in [-0.05, 0) is 50.5 Å². The third-order valence-electron chi connectivity index (χ3n) is 4.45. The van der Waals surface area contributed by atoms with E-state index in [0.717, 1.165) is 18.4 Å². The molecule has 1 aliphatic rings. The molecule has 0 aliphatic heterocycles. The van der Waals surface area contributed by atoms with Crippen molar-refractivity contribution in [3.63, 3.8) is 0 Å². The van der Waals surface area contributed by atoms with E-state index in [9.17, 15) is 19.7 Å². The van der Waals surface area contributed by atoms with Crippen molar-refractivity contribution in [1.29, 1.82) is 0 Å². The number of anilines is 2. The molecule has 3 rings (SSSR count). The number of rotatable bonds is 7. The summed E-state index contributed by atoms with van der Waals surface area (Å²) in [6, 6.07) is 11.1. The summed E-state index contributed by atoms with van der Waals surface area (Å²) in [5.41, 5.74) is 1.82. The van der Waals surface area contributed by atoms with Gasteiger partial charge >= 0.3 is 5.69 Å². The van der Waals surface area contributed by atoms with Gasteiger partial charge in [-0.2, -0.15) is 0 Å². The highest BCUT2D eigenvalue weighted by Gasteiger charge is 2.30. The molecule has 0 radical (unpaired) electrons. The molecule has 0 heterocycles. The van der Waals surface area contributed by atoms with Crippen molar-refractivity contribution >= 4 is 28.9 Å². The molecule has 0 spiro atoms. The molecule has 1 aliphatic carbocycles. The molecule has 2 N–H and O–H groups in total. The molecule has 1 atom stereocenters. The Hall–Kier alpha value is -3.42. The Labute approximate surface area is 162 Å². The molecular formula is C20H21N3O5. The van der Waals surface area contributed by atoms with Gasteiger partial charge in [0.15, 0.2) is 11.9 Å². The number of nitro benzene ring substituents is 1. The maximum absolute atomic E-state index is 12.4. The predicted octanol–water partition coefficient (Wildman–Crippen LogP) is 3.66. The lowest BCUT2D eigenvalue weighted by Crippen LogP contribution is -2.30. The first-order chi connectivity index (χ1) is 13.3. The average Bonchev–Trinajstić information content (AvgIpc) is 3.50. The van der Waals surface area contributed by atoms with Gasteiger partial charge in [-0.25, -0.2) is 0 Å². The number of ether oxygens (including phenoxy) is 1. The Balaban J connectivity index is 1.67. The van der Waals surface area contributed by atoms with E-state index < -0.39 is 16.9 Å². The number of nitro groups is 1. The molecule has 0 saturated heterocycles. The smallest absolute Gasteiger partial charge is 0.310 e. The van der Waals surface area contributed by atoms with Crippen molar-refractivity contribution in [3.05, 3.63) is 58.1 Å². The Morgan fingerprint density at radius 2 is 1.89 bits per heavy atom. The van der Waals surface area contributed by atoms with E-state index >= 15 is 0 Å². The third-order valence-corrected chi connectivity index (χ3v) is 4.45. The van der Waals surface area contributed by atoms with Crippen LogP contribution in [-0.4, -0.2) is 22.8 Å². The summed E-state index contributed by atoms with van der Waals surface area (Å²) in [5.74, 6) is -0.370. The summed E-state index contributed by atoms with van der Waals surface area (Å²) >= 11 is 0. The van der Waals surface area contributed by atoms with Crippen LogP contribution in [0.3, 0.4) is 0 Å². The maximum Gasteiger partial charge on any atom is 0.310 e. The number of aryl methyl sites for hydroxylation is 1. The summed E-state index contributed by atoms with van der Waals surface area (Å²) in [6.07, 6.45) is 0.857. The second-order valence-corrected chi connectivity index (χ2v) is 6.77. The highest BCUT2D eigenvalue weighted by atomic mass is 16.6. The van der Waals surface area contributed by atoms with Gasteiger partial charge in [0.1, 0.15) is 0 Å². The zero-order chi connectivity index (χ0) is 20.3. The quantitative estimate of drug-likeness (QED) is 0.560. The number of para-hydroxylation sites is 2. The van der Waals surface area contributed by atoms with Gasteiger partial charge in [0.25, 0.3) is 5.91 Å². The number of nitrogens with one attached hydrogen (secondary N) is 2. The van der Waals surface area contributed by atoms with Gasteiger partial charge < -0.3 is 15.4 Å². The molecule has 2 aromatic carbocycles. The second-order valence-electron chi connectivity index (χ2n) is 6.77. The monoisotopic (exact) mass is 383 g/mol. The third kappa shape index (κ3) is 4.64. The standard InChI is InChI=1S/C20H21N3O5/c1-12-7-10-15(11-16(12)22-20(25)14-8-9-14)21-19(24)13(2)28-18-6-4-3-5-17(18)23(26)27/h3-7,10-11,13-14H,8-9H2,1-2H3,(H,21,24)(H,22,25). The van der Waals surface area contributed by atoms with Gasteiger partial charge in [0.05, 0.1) is 4.92 Å². The first kappa shape index (κ1) is 19.3. The topological polar surface area (TPSA) is 111 Å². The second kappa shape index (κ2) is 8.08. The summed E-state index contributed by atoms with van der Waals surface area (Å²) in [4.78, 5) is 34.9. The van der Waals surface area contributed by atoms with Crippen molar-refractivity contribution in [2.45, 2.75) is 32.8 Å². The minimum absolute atomic E-state index is 0.0142. The van der Waals surface area contributed by atoms with Gasteiger partial charge in [0.2, 0.25) is 5.91 Å². The number of amides is 2. The van der Waals surface area contributed by atoms with Crippen molar-refractivity contribution in [2.75, 3.05) is 10.6 Å². The number of nitrogens with zero attached hydrogens (tertiary/aromatic N) is 1. The summed E-state index contributed by atoms with van der Waals surface area (Å²) < 4.78 is 5.48. The molecule has 2 amide bonds. The van der Waals surface area contributed by atoms with Crippen molar-refractivity contribution in [1.82, 2.24) is 0 Å². The molecule has 2 aromatic rings. The Morgan fingerprint density at radius 3 is 2.57 bits per heavy atom. The minimum Gasteiger partial charge on any atom is -0.474 e. The van der Waals surface area contributed by atoms with E-state index in [-0.39, 0.29) is 23.3 Å². The van der Waals surface area contributed by atoms with Crippen LogP contribution in [0.5, 0.6) is 5.75 Å². The largest absolute Gasteiger partial charge is 0.474 e. The molecule has 0 bridgehead atoms. The summed E-state index contributed by atoms with van der Waals surface area (Å²) in [6.45, 7) is 3.38. The average molecular weight is 383 g/mol. The molecule has 1 fully saturated rings. The lowest BCUT2D eigenvalue weighted by atomic mass is 10.1. The molecule has 146 valence electrons. The molecule has 28 heavy (non-hydrogen) atoms. The van der Waals surface area contributed by atoms with Crippen LogP contribution in [0, 0.1) is 23.0 Å². The lowest BCUT2D eigenvalue weighted by molar-refractivity contribution is -0.386. The van der Waals surface area contributed by atoms with E-state index in [1.807, 2.05) is 6.92 Å². The molecule has 0 aromatic heterocycles. The Bertz CT molecular complexity index is 924. The first-order valence-electron chi connectivity index (χ1n) is 8.97. The van der Waals surface area contributed by atoms with Crippen molar-refractivity contribution in [2.24, 2.45) is 5.92 Å². The normalized spacial score (nSPS) is 14.1. The van der Waals surface area contributed by atoms with Crippen LogP contribution in [0.15, 0.2) is 42.5 Å². The van der Waals surface area contributed by atoms with Crippen LogP contribution >= 0.6 is 0 Å². The minimum atomic E-state index is -0.952. The Kier molecular flexibility index (Phi) is 5.58. The first-order valence-corrected chi connectivity index (χ1v) is 8.97. The fourth-order valence-corrected chi connectivity index (χ4v) is 2.61. The number of carbonyl (C=O) groups excluding carboxylic acids is 2. The van der Waals surface area contributed by atoms with Gasteiger partial charge in [-0.15, -0.1) is 0 Å². The van der Waals surface area contributed by atoms with Crippen molar-refractivity contribution in [3.8, 4) is 5.75 Å². The summed E-state index contributed by atoms with van der Waals surface area (Å²) in [7, 11) is 0. The van der Waals surface area contributed by atoms with Crippen LogP contribution in [0.2, 0.25) is 0 Å². The molecule has 8 heteroatoms. The van der Waals surface area contributed by atoms with Crippen LogP contribution < -0.4 is 15.4 Å². The van der Waals surface area contributed by atoms with E-state index in [1.54, 1.807) is 24.3 Å². The lowest BCUT2D eigenvalue weighted by Gasteiger charge is -2.16. The van der Waals surface area contributed by atoms with E-state index in [2.05, 4.69) is 10.6 Å². The molecule has 1 unspecified atom stereocenters. The fourth-order valence-electron chi connectivity index (χ4n) is 2.61. The SMILES string of the molecule is Cc1ccc(NC(=O)C(C)Oc2ccccc2[N+](=O)[O-])cc1NC(=O)C1CC1. The number of benzene rings is 2. The molecular weight excluding hydrogens is 362 g/mol. The zero-order valence-electron chi connectivity index (χ0n) is 15.6. The van der Waals surface area contributed by atoms with E-state index in [1.165, 1.54) is 25.1 Å². The molecule has 8 nitrogen and oxygen atoms in total. The number of hydrogen-bond acceptors (Lipinski definition) is 5. The highest BCUT2D eigenvalue weighted by Crippen LogP contribution is 2.31. The van der Waals surface area contributed by atoms with Crippen LogP contribution in [-0.2, 0) is 9.59 Å². The summed E-state index contributed by atoms with van der Waals surface area (Å²) in [5, 5.41) is 16.7. The van der Waals surface area contributed by atoms with Gasteiger partial charge in [-0.3, -0.25) is 19.7 Å². The van der Waals surface area contributed by atoms with Crippen LogP contribution in [0.4, 0.5) is 17.1 Å². The highest BCUT2D eigenvalue weighted by molar-refractivity contribution is 5.97. The maximum atomic E-state index is 12.4. The van der Waals surface area contributed by atoms with Crippen molar-refractivity contribution < 1.29 is 19.2 Å². The van der Waals surface area contributed by atoms with E-state index in [0.29, 0.717) is 11.4 Å². The zero-order valence-corrected chi connectivity index (χ0v) is 15.6. The van der Waals surface area contributed by atoms with Gasteiger partial charge in [0, 0.05) is 23.4 Å². The van der Waals surface area contributed by atoms with Crippen LogP contribution in [0.25, 0.3) is 0 Å².